The van der Waals surface area contributed by atoms with Gasteiger partial charge in [0.1, 0.15) is 6.04 Å². The lowest BCUT2D eigenvalue weighted by Crippen LogP contribution is -2.54. The first-order valence-corrected chi connectivity index (χ1v) is 56.5. The Morgan fingerprint density at radius 3 is 1.39 bits per heavy atom. The van der Waals surface area contributed by atoms with E-state index in [9.17, 15) is 53.4 Å². The van der Waals surface area contributed by atoms with Crippen molar-refractivity contribution in [2.75, 3.05) is 64.7 Å². The van der Waals surface area contributed by atoms with Crippen LogP contribution in [0.5, 0.6) is 0 Å². The highest BCUT2D eigenvalue weighted by molar-refractivity contribution is 8.00. The van der Waals surface area contributed by atoms with Crippen molar-refractivity contribution in [2.45, 2.75) is 351 Å². The van der Waals surface area contributed by atoms with Crippen molar-refractivity contribution < 1.29 is 62.8 Å². The van der Waals surface area contributed by atoms with E-state index in [-0.39, 0.29) is 124 Å². The maximum Gasteiger partial charge on any atom is 0.315 e. The molecule has 6 saturated heterocycles. The first-order chi connectivity index (χ1) is 69.0. The lowest BCUT2D eigenvalue weighted by Gasteiger charge is -2.49. The first kappa shape index (κ1) is 106. The predicted molar refractivity (Wildman–Crippen MR) is 562 cm³/mol. The van der Waals surface area contributed by atoms with Crippen LogP contribution in [0.2, 0.25) is 0 Å². The summed E-state index contributed by atoms with van der Waals surface area (Å²) in [7, 11) is 0. The number of hydrogen-bond donors (Lipinski definition) is 11. The number of thioether (sulfide) groups is 1. The molecule has 6 aliphatic heterocycles. The summed E-state index contributed by atoms with van der Waals surface area (Å²) in [6.45, 7) is 25.8. The van der Waals surface area contributed by atoms with E-state index in [1.807, 2.05) is 72.4 Å². The molecular formula is C118H165N11O13S. The Balaban J connectivity index is 0.000000207. The monoisotopic (exact) mass is 1980 g/mol. The number of urea groups is 1. The lowest BCUT2D eigenvalue weighted by molar-refractivity contribution is -0.129. The zero-order chi connectivity index (χ0) is 100. The summed E-state index contributed by atoms with van der Waals surface area (Å²) in [6, 6.07) is 32.3. The molecule has 0 bridgehead atoms. The number of aliphatic hydroxyl groups excluding tert-OH is 2. The first-order valence-electron chi connectivity index (χ1n) is 55.4. The Hall–Kier alpha value is -8.66. The summed E-state index contributed by atoms with van der Waals surface area (Å²) in [4.78, 5) is 121. The smallest absolute Gasteiger partial charge is 0.315 e. The molecule has 0 aromatic heterocycles. The number of nitrogens with zero attached hydrogens (tertiary/aromatic N) is 2. The van der Waals surface area contributed by atoms with Gasteiger partial charge in [-0.05, 0) is 255 Å². The van der Waals surface area contributed by atoms with E-state index in [2.05, 4.69) is 120 Å². The number of likely N-dealkylation sites (tertiary alicyclic amines) is 2. The van der Waals surface area contributed by atoms with Gasteiger partial charge in [-0.1, -0.05) is 211 Å². The summed E-state index contributed by atoms with van der Waals surface area (Å²) in [6.07, 6.45) is 34.0. The number of unbranched alkanes of at least 4 members (excludes halogenated alkanes) is 7. The van der Waals surface area contributed by atoms with E-state index in [1.54, 1.807) is 65.3 Å². The summed E-state index contributed by atoms with van der Waals surface area (Å²) in [5.74, 6) is 6.19. The zero-order valence-corrected chi connectivity index (χ0v) is 87.4. The maximum atomic E-state index is 13.8. The van der Waals surface area contributed by atoms with Crippen LogP contribution in [-0.2, 0) is 51.1 Å². The second kappa shape index (κ2) is 47.2. The number of benzene rings is 4. The SMILES string of the molecule is CC1=C2C[C@H]3[C@@H](CC=C4C[C@@H](O)CC[C@@]43C)[C@@H]2CC[C@]12O[C@@H]1C[C@H](C)CN(CCNC(=O)CCCCCNC(=O)[C@@H](N)Cc3ccc(C(=O)c4ccccc4)cc3)[C@H]1[C@H]2C.CC1=C2C[C@H]3[C@@H](CC=C4C[C@@H](O)CC[C@@]43C)[C@@H]2CC[C@]12O[C@@H]1C[C@H](C)CN(CCNC(=O)CCCCCNC(=O)[C@H](Cc3ccc(C(=O)c4ccccc4)cc3)NC(=O)CCCCCNC(=O)CCCCC3SC[C@@H]4NC(=O)N[C@H]34)[C@H]1[C@H]2C. The molecule has 14 aliphatic rings. The molecule has 1 unspecified atom stereocenters. The number of piperidine rings is 2. The number of carbonyl (C=O) groups excluding carboxylic acids is 9. The molecule has 6 heterocycles. The van der Waals surface area contributed by atoms with E-state index >= 15 is 0 Å². The number of rotatable bonds is 40. The Labute approximate surface area is 854 Å². The number of hydrogen-bond acceptors (Lipinski definition) is 17. The molecule has 4 aromatic carbocycles. The van der Waals surface area contributed by atoms with Gasteiger partial charge >= 0.3 is 6.03 Å². The third-order valence-electron chi connectivity index (χ3n) is 37.3. The van der Waals surface area contributed by atoms with Crippen LogP contribution >= 0.6 is 11.8 Å². The Morgan fingerprint density at radius 2 is 0.916 bits per heavy atom. The van der Waals surface area contributed by atoms with Crippen molar-refractivity contribution in [3.8, 4) is 0 Å². The Kier molecular flexibility index (Phi) is 34.9. The molecule has 18 rings (SSSR count). The number of nitrogens with one attached hydrogen (secondary N) is 8. The van der Waals surface area contributed by atoms with Gasteiger partial charge in [0.25, 0.3) is 0 Å². The highest BCUT2D eigenvalue weighted by Gasteiger charge is 2.65. The number of allylic oxidation sites excluding steroid dienone is 4. The van der Waals surface area contributed by atoms with Gasteiger partial charge in [0, 0.05) is 148 Å². The van der Waals surface area contributed by atoms with Gasteiger partial charge in [-0.25, -0.2) is 4.79 Å². The third kappa shape index (κ3) is 23.9. The second-order valence-corrected chi connectivity index (χ2v) is 47.5. The van der Waals surface area contributed by atoms with Gasteiger partial charge in [-0.15, -0.1) is 0 Å². The van der Waals surface area contributed by atoms with Crippen molar-refractivity contribution in [1.29, 1.82) is 0 Å². The van der Waals surface area contributed by atoms with Gasteiger partial charge in [0.05, 0.1) is 53.7 Å². The van der Waals surface area contributed by atoms with Gasteiger partial charge in [-0.2, -0.15) is 11.8 Å². The van der Waals surface area contributed by atoms with E-state index in [0.29, 0.717) is 171 Å². The summed E-state index contributed by atoms with van der Waals surface area (Å²) in [5, 5.41) is 45.9. The van der Waals surface area contributed by atoms with Crippen LogP contribution < -0.4 is 48.3 Å². The minimum Gasteiger partial charge on any atom is -0.393 e. The van der Waals surface area contributed by atoms with Crippen LogP contribution in [0, 0.1) is 70.0 Å². The summed E-state index contributed by atoms with van der Waals surface area (Å²) < 4.78 is 14.7. The molecule has 8 aliphatic carbocycles. The molecule has 24 nitrogen and oxygen atoms in total. The van der Waals surface area contributed by atoms with Gasteiger partial charge in [0.2, 0.25) is 35.4 Å². The van der Waals surface area contributed by atoms with Crippen molar-refractivity contribution in [3.63, 3.8) is 0 Å². The third-order valence-corrected chi connectivity index (χ3v) is 38.8. The quantitative estimate of drug-likeness (QED) is 0.00853. The molecule has 2 spiro atoms. The summed E-state index contributed by atoms with van der Waals surface area (Å²) in [5.41, 5.74) is 19.8. The zero-order valence-electron chi connectivity index (χ0n) is 86.5. The maximum absolute atomic E-state index is 13.8. The number of nitrogens with two attached hydrogens (primary N) is 1. The van der Waals surface area contributed by atoms with Crippen molar-refractivity contribution in [2.24, 2.45) is 75.7 Å². The van der Waals surface area contributed by atoms with Crippen LogP contribution in [0.15, 0.2) is 155 Å². The van der Waals surface area contributed by atoms with Crippen LogP contribution in [0.3, 0.4) is 0 Å². The topological polar surface area (TPSA) is 341 Å². The number of fused-ring (bicyclic) bond motifs is 13. The molecule has 25 atom stereocenters. The molecule has 776 valence electrons. The molecule has 0 radical (unpaired) electrons. The second-order valence-electron chi connectivity index (χ2n) is 46.3. The van der Waals surface area contributed by atoms with Crippen molar-refractivity contribution in [3.05, 3.63) is 188 Å². The average molecular weight is 1980 g/mol. The number of ketones is 2. The normalized spacial score (nSPS) is 32.7. The highest BCUT2D eigenvalue weighted by atomic mass is 32.2. The molecule has 4 aromatic rings. The van der Waals surface area contributed by atoms with Crippen LogP contribution in [0.25, 0.3) is 0 Å². The van der Waals surface area contributed by atoms with Gasteiger partial charge in [-0.3, -0.25) is 48.2 Å². The van der Waals surface area contributed by atoms with E-state index in [0.717, 1.165) is 177 Å². The van der Waals surface area contributed by atoms with E-state index in [1.165, 1.54) is 48.8 Å². The number of amides is 8. The minimum atomic E-state index is -0.816. The van der Waals surface area contributed by atoms with Crippen LogP contribution in [0.1, 0.15) is 304 Å². The van der Waals surface area contributed by atoms with Crippen molar-refractivity contribution in [1.82, 2.24) is 52.3 Å². The number of carbonyl (C=O) groups is 9. The van der Waals surface area contributed by atoms with Gasteiger partial charge in [0.15, 0.2) is 11.6 Å². The number of ether oxygens (including phenoxy) is 2. The molecule has 4 saturated carbocycles. The van der Waals surface area contributed by atoms with Crippen LogP contribution in [-0.4, -0.2) is 215 Å². The number of aliphatic hydroxyl groups is 2. The Bertz CT molecular complexity index is 5280. The van der Waals surface area contributed by atoms with E-state index < -0.39 is 12.1 Å². The van der Waals surface area contributed by atoms with Crippen molar-refractivity contribution >= 4 is 64.8 Å². The fourth-order valence-corrected chi connectivity index (χ4v) is 31.0. The highest BCUT2D eigenvalue weighted by Crippen LogP contribution is 2.68. The fraction of sp³-hybridized carbons (Fsp3) is 0.653. The predicted octanol–water partition coefficient (Wildman–Crippen LogP) is 16.2. The summed E-state index contributed by atoms with van der Waals surface area (Å²) >= 11 is 1.89. The molecule has 10 fully saturated rings. The van der Waals surface area contributed by atoms with Gasteiger partial charge < -0.3 is 68.0 Å². The molecule has 8 amide bonds. The molecule has 143 heavy (non-hydrogen) atoms. The average Bonchev–Trinajstić information content (AvgIpc) is 1.55. The van der Waals surface area contributed by atoms with E-state index in [4.69, 9.17) is 15.2 Å². The molecule has 25 heteroatoms. The largest absolute Gasteiger partial charge is 0.393 e. The molecular weight excluding hydrogens is 1810 g/mol. The standard InChI is InChI=1S/C67H95N7O8S.C51H70N4O5/c1-42-36-56-62(44(3)67(82-56)31-29-50-51-27-26-48-38-49(75)28-30-66(48,4)53(51)39-52(50)43(67)2)74(40-42)35-34-69-59(77)19-10-6-15-33-70-64(80)54(37-45-22-24-47(25-23-45)63(79)46-16-8-5-9-17-46)71-60(78)21-11-7-14-32-68-58(76)20-13-12-18-57-61-55(41-83-57)72-65(81)73-61;1-32-27-45-47(34(3)51(60-45)23-21-40-41-19-18-38-29-39(56)20-22-50(38,4)43(41)30-42(40)33(51)2)55(31-32)26-25-53-46(57)13-9-6-10-24-54-49(59)44(52)28-35-14-16-37(17-15-35)48(58)36-11-7-5-8-12-36/h5,8-9,16-17,22-26,42,44,49-51,53-57,61-62,75H,6-7,10-15,18-21,27-41H2,1-4H3,(H,68,76)(H,69,77)(H,70,80)(H,71,78)(H2,72,73,81);5,7-8,11-12,14-18,32,34,39-41,43-45,47,56H,6,9-10,13,19-31,52H2,1-4H3,(H,53,57)(H,54,59)/t42-,44+,49-,50-,51-,53-,54-,55-,56+,57?,61-,62-,66-,67-;32-,34+,39-,40-,41-,43-,44-,45+,47-,50-,51-/m00/s1. The Morgan fingerprint density at radius 1 is 0.490 bits per heavy atom. The fourth-order valence-electron chi connectivity index (χ4n) is 29.5. The minimum absolute atomic E-state index is 0.0299. The molecule has 12 N–H and O–H groups in total. The lowest BCUT2D eigenvalue weighted by atomic mass is 9.56. The van der Waals surface area contributed by atoms with Crippen LogP contribution in [0.4, 0.5) is 4.79 Å².